The fraction of sp³-hybridized carbons (Fsp3) is 1.00. The third kappa shape index (κ3) is 2.93. The topological polar surface area (TPSA) is 57.6 Å². The lowest BCUT2D eigenvalue weighted by molar-refractivity contribution is 0.124. The molecule has 2 unspecified atom stereocenters. The molecule has 0 aromatic heterocycles. The molecule has 1 rings (SSSR count). The van der Waals surface area contributed by atoms with Crippen molar-refractivity contribution in [2.75, 3.05) is 31.2 Å². The Balaban J connectivity index is 2.49. The van der Waals surface area contributed by atoms with E-state index < -0.39 is 9.84 Å². The summed E-state index contributed by atoms with van der Waals surface area (Å²) in [6.45, 7) is 5.39. The highest BCUT2D eigenvalue weighted by atomic mass is 32.2. The molecule has 0 saturated carbocycles. The van der Waals surface area contributed by atoms with Crippen LogP contribution in [0.4, 0.5) is 0 Å². The first-order valence-corrected chi connectivity index (χ1v) is 6.84. The van der Waals surface area contributed by atoms with Crippen LogP contribution in [0.2, 0.25) is 0 Å². The van der Waals surface area contributed by atoms with Gasteiger partial charge in [-0.05, 0) is 12.8 Å². The van der Waals surface area contributed by atoms with Gasteiger partial charge in [0.05, 0.1) is 11.5 Å². The van der Waals surface area contributed by atoms with Crippen LogP contribution in [0.15, 0.2) is 0 Å². The molecule has 5 heteroatoms. The molecule has 0 aliphatic carbocycles. The minimum atomic E-state index is -2.79. The average Bonchev–Trinajstić information content (AvgIpc) is 2.15. The van der Waals surface area contributed by atoms with E-state index >= 15 is 0 Å². The van der Waals surface area contributed by atoms with Crippen LogP contribution in [0.25, 0.3) is 0 Å². The van der Waals surface area contributed by atoms with Gasteiger partial charge < -0.3 is 5.11 Å². The van der Waals surface area contributed by atoms with Crippen molar-refractivity contribution in [1.82, 2.24) is 4.90 Å². The van der Waals surface area contributed by atoms with Crippen LogP contribution in [0, 0.1) is 5.92 Å². The highest BCUT2D eigenvalue weighted by Crippen LogP contribution is 2.13. The molecule has 0 radical (unpaired) electrons. The minimum Gasteiger partial charge on any atom is -0.396 e. The van der Waals surface area contributed by atoms with E-state index in [-0.39, 0.29) is 30.1 Å². The van der Waals surface area contributed by atoms with Crippen molar-refractivity contribution in [2.45, 2.75) is 19.9 Å². The third-order valence-electron chi connectivity index (χ3n) is 3.07. The van der Waals surface area contributed by atoms with Gasteiger partial charge in [0.25, 0.3) is 0 Å². The van der Waals surface area contributed by atoms with Gasteiger partial charge in [0.1, 0.15) is 0 Å². The lowest BCUT2D eigenvalue weighted by Crippen LogP contribution is -2.47. The molecule has 0 bridgehead atoms. The quantitative estimate of drug-likeness (QED) is 0.713. The van der Waals surface area contributed by atoms with E-state index in [1.54, 1.807) is 0 Å². The Morgan fingerprint density at radius 1 is 1.29 bits per heavy atom. The summed E-state index contributed by atoms with van der Waals surface area (Å²) < 4.78 is 22.4. The molecule has 84 valence electrons. The minimum absolute atomic E-state index is 0.157. The zero-order valence-corrected chi connectivity index (χ0v) is 9.63. The van der Waals surface area contributed by atoms with Crippen molar-refractivity contribution >= 4 is 9.84 Å². The molecular weight excluding hydrogens is 202 g/mol. The second kappa shape index (κ2) is 4.59. The Morgan fingerprint density at radius 2 is 1.79 bits per heavy atom. The highest BCUT2D eigenvalue weighted by Gasteiger charge is 2.26. The second-order valence-corrected chi connectivity index (χ2v) is 6.39. The van der Waals surface area contributed by atoms with Crippen molar-refractivity contribution in [3.8, 4) is 0 Å². The van der Waals surface area contributed by atoms with Gasteiger partial charge in [0.2, 0.25) is 0 Å². The average molecular weight is 221 g/mol. The first-order valence-electron chi connectivity index (χ1n) is 5.01. The summed E-state index contributed by atoms with van der Waals surface area (Å²) in [5, 5.41) is 8.99. The zero-order chi connectivity index (χ0) is 10.8. The standard InChI is InChI=1S/C9H19NO3S/c1-8(7-11)9(2)10-3-5-14(12,13)6-4-10/h8-9,11H,3-7H2,1-2H3. The van der Waals surface area contributed by atoms with E-state index in [9.17, 15) is 8.42 Å². The van der Waals surface area contributed by atoms with Crippen LogP contribution >= 0.6 is 0 Å². The lowest BCUT2D eigenvalue weighted by Gasteiger charge is -2.34. The van der Waals surface area contributed by atoms with Crippen LogP contribution in [0.3, 0.4) is 0 Å². The number of rotatable bonds is 3. The van der Waals surface area contributed by atoms with Gasteiger partial charge in [-0.3, -0.25) is 4.90 Å². The van der Waals surface area contributed by atoms with Gasteiger partial charge in [-0.1, -0.05) is 6.92 Å². The van der Waals surface area contributed by atoms with Crippen LogP contribution < -0.4 is 0 Å². The number of sulfone groups is 1. The lowest BCUT2D eigenvalue weighted by atomic mass is 10.0. The number of hydrogen-bond donors (Lipinski definition) is 1. The summed E-state index contributed by atoms with van der Waals surface area (Å²) in [5.41, 5.74) is 0. The molecule has 4 nitrogen and oxygen atoms in total. The molecular formula is C9H19NO3S. The van der Waals surface area contributed by atoms with Gasteiger partial charge in [0.15, 0.2) is 9.84 Å². The summed E-state index contributed by atoms with van der Waals surface area (Å²) >= 11 is 0. The van der Waals surface area contributed by atoms with Crippen LogP contribution in [0.5, 0.6) is 0 Å². The zero-order valence-electron chi connectivity index (χ0n) is 8.81. The maximum atomic E-state index is 11.2. The molecule has 1 fully saturated rings. The molecule has 0 amide bonds. The molecule has 1 N–H and O–H groups in total. The van der Waals surface area contributed by atoms with Crippen LogP contribution in [0.1, 0.15) is 13.8 Å². The van der Waals surface area contributed by atoms with Crippen molar-refractivity contribution in [3.05, 3.63) is 0 Å². The van der Waals surface area contributed by atoms with Crippen molar-refractivity contribution in [1.29, 1.82) is 0 Å². The van der Waals surface area contributed by atoms with Gasteiger partial charge >= 0.3 is 0 Å². The number of aliphatic hydroxyl groups excluding tert-OH is 1. The number of aliphatic hydroxyl groups is 1. The summed E-state index contributed by atoms with van der Waals surface area (Å²) in [4.78, 5) is 2.14. The van der Waals surface area contributed by atoms with Gasteiger partial charge in [-0.15, -0.1) is 0 Å². The fourth-order valence-corrected chi connectivity index (χ4v) is 2.88. The van der Waals surface area contributed by atoms with Crippen LogP contribution in [-0.4, -0.2) is 55.7 Å². The van der Waals surface area contributed by atoms with Crippen LogP contribution in [-0.2, 0) is 9.84 Å². The summed E-state index contributed by atoms with van der Waals surface area (Å²) in [6, 6.07) is 0.260. The predicted molar refractivity (Wildman–Crippen MR) is 55.9 cm³/mol. The summed E-state index contributed by atoms with van der Waals surface area (Å²) in [7, 11) is -2.79. The fourth-order valence-electron chi connectivity index (χ4n) is 1.65. The summed E-state index contributed by atoms with van der Waals surface area (Å²) in [5.74, 6) is 0.723. The largest absolute Gasteiger partial charge is 0.396 e. The molecule has 2 atom stereocenters. The molecule has 1 saturated heterocycles. The Bertz CT molecular complexity index is 262. The van der Waals surface area contributed by atoms with Gasteiger partial charge in [-0.2, -0.15) is 0 Å². The molecule has 1 aliphatic heterocycles. The first-order chi connectivity index (χ1) is 6.46. The van der Waals surface area contributed by atoms with E-state index in [1.807, 2.05) is 13.8 Å². The Hall–Kier alpha value is -0.130. The second-order valence-electron chi connectivity index (χ2n) is 4.09. The molecule has 0 aromatic rings. The SMILES string of the molecule is CC(CO)C(C)N1CCS(=O)(=O)CC1. The Morgan fingerprint density at radius 3 is 2.21 bits per heavy atom. The number of nitrogens with zero attached hydrogens (tertiary/aromatic N) is 1. The Labute approximate surface area is 85.8 Å². The van der Waals surface area contributed by atoms with Gasteiger partial charge in [-0.25, -0.2) is 8.42 Å². The van der Waals surface area contributed by atoms with Crippen molar-refractivity contribution in [3.63, 3.8) is 0 Å². The number of hydrogen-bond acceptors (Lipinski definition) is 4. The monoisotopic (exact) mass is 221 g/mol. The van der Waals surface area contributed by atoms with E-state index in [1.165, 1.54) is 0 Å². The van der Waals surface area contributed by atoms with E-state index in [0.717, 1.165) is 0 Å². The predicted octanol–water partition coefficient (Wildman–Crippen LogP) is -0.266. The van der Waals surface area contributed by atoms with E-state index in [0.29, 0.717) is 13.1 Å². The molecule has 1 aliphatic rings. The van der Waals surface area contributed by atoms with Gasteiger partial charge in [0, 0.05) is 25.7 Å². The molecule has 0 spiro atoms. The molecule has 14 heavy (non-hydrogen) atoms. The maximum absolute atomic E-state index is 11.2. The molecule has 0 aromatic carbocycles. The molecule has 1 heterocycles. The van der Waals surface area contributed by atoms with Crippen molar-refractivity contribution < 1.29 is 13.5 Å². The summed E-state index contributed by atoms with van der Waals surface area (Å²) in [6.07, 6.45) is 0. The van der Waals surface area contributed by atoms with E-state index in [2.05, 4.69) is 4.90 Å². The Kier molecular flexibility index (Phi) is 3.92. The normalized spacial score (nSPS) is 27.1. The highest BCUT2D eigenvalue weighted by molar-refractivity contribution is 7.91. The first kappa shape index (κ1) is 11.9. The third-order valence-corrected chi connectivity index (χ3v) is 4.68. The van der Waals surface area contributed by atoms with E-state index in [4.69, 9.17) is 5.11 Å². The van der Waals surface area contributed by atoms with Crippen molar-refractivity contribution in [2.24, 2.45) is 5.92 Å². The maximum Gasteiger partial charge on any atom is 0.152 e. The smallest absolute Gasteiger partial charge is 0.152 e.